The average Bonchev–Trinajstić information content (AvgIpc) is 3.09. The zero-order valence-electron chi connectivity index (χ0n) is 16.2. The first kappa shape index (κ1) is 21.5. The number of hydrogen-bond donors (Lipinski definition) is 3. The standard InChI is InChI=1S/C19H20F3N5O3/c1-11(2)7-18(30,19(20,21)22)9-23-15-14-8-26-27(16(14)25-10-24-15)13-5-3-4-12(6-13)17(28)29/h3-6,8,10-11,30H,7,9H2,1-2H3,(H,28,29)(H,23,24,25). The molecule has 2 aromatic heterocycles. The molecule has 0 aliphatic rings. The molecule has 2 heterocycles. The molecule has 3 rings (SSSR count). The van der Waals surface area contributed by atoms with Gasteiger partial charge in [0.2, 0.25) is 0 Å². The molecule has 1 unspecified atom stereocenters. The third-order valence-electron chi connectivity index (χ3n) is 4.53. The monoisotopic (exact) mass is 423 g/mol. The first-order chi connectivity index (χ1) is 14.0. The van der Waals surface area contributed by atoms with Crippen LogP contribution >= 0.6 is 0 Å². The normalized spacial score (nSPS) is 14.1. The van der Waals surface area contributed by atoms with E-state index in [1.165, 1.54) is 23.0 Å². The number of anilines is 1. The van der Waals surface area contributed by atoms with Gasteiger partial charge in [0.05, 0.1) is 29.4 Å². The summed E-state index contributed by atoms with van der Waals surface area (Å²) in [4.78, 5) is 19.3. The molecule has 0 fully saturated rings. The lowest BCUT2D eigenvalue weighted by atomic mass is 9.91. The number of alkyl halides is 3. The SMILES string of the molecule is CC(C)CC(O)(CNc1ncnc2c1cnn2-c1cccc(C(=O)O)c1)C(F)(F)F. The van der Waals surface area contributed by atoms with Crippen LogP contribution in [0.5, 0.6) is 0 Å². The van der Waals surface area contributed by atoms with Crippen LogP contribution in [0.15, 0.2) is 36.8 Å². The highest BCUT2D eigenvalue weighted by atomic mass is 19.4. The summed E-state index contributed by atoms with van der Waals surface area (Å²) in [5.41, 5.74) is -2.19. The van der Waals surface area contributed by atoms with E-state index >= 15 is 0 Å². The molecule has 0 amide bonds. The highest BCUT2D eigenvalue weighted by Crippen LogP contribution is 2.36. The Morgan fingerprint density at radius 2 is 2.00 bits per heavy atom. The first-order valence-electron chi connectivity index (χ1n) is 9.07. The van der Waals surface area contributed by atoms with Crippen molar-refractivity contribution < 1.29 is 28.2 Å². The predicted molar refractivity (Wildman–Crippen MR) is 103 cm³/mol. The number of nitrogens with one attached hydrogen (secondary N) is 1. The molecule has 1 atom stereocenters. The van der Waals surface area contributed by atoms with Crippen LogP contribution in [0.3, 0.4) is 0 Å². The maximum atomic E-state index is 13.4. The van der Waals surface area contributed by atoms with Crippen LogP contribution in [-0.4, -0.2) is 54.3 Å². The Kier molecular flexibility index (Phi) is 5.66. The number of carbonyl (C=O) groups is 1. The van der Waals surface area contributed by atoms with Gasteiger partial charge in [-0.1, -0.05) is 19.9 Å². The highest BCUT2D eigenvalue weighted by molar-refractivity contribution is 5.89. The van der Waals surface area contributed by atoms with E-state index in [0.29, 0.717) is 11.1 Å². The van der Waals surface area contributed by atoms with Gasteiger partial charge in [-0.05, 0) is 30.5 Å². The minimum absolute atomic E-state index is 0.0486. The Morgan fingerprint density at radius 3 is 2.63 bits per heavy atom. The van der Waals surface area contributed by atoms with E-state index in [0.717, 1.165) is 6.33 Å². The average molecular weight is 423 g/mol. The molecular formula is C19H20F3N5O3. The van der Waals surface area contributed by atoms with E-state index in [1.54, 1.807) is 26.0 Å². The van der Waals surface area contributed by atoms with Crippen molar-refractivity contribution in [2.24, 2.45) is 5.92 Å². The number of nitrogens with zero attached hydrogens (tertiary/aromatic N) is 4. The molecule has 0 saturated heterocycles. The maximum absolute atomic E-state index is 13.4. The van der Waals surface area contributed by atoms with Crippen molar-refractivity contribution in [2.75, 3.05) is 11.9 Å². The van der Waals surface area contributed by atoms with Gasteiger partial charge in [0.1, 0.15) is 12.1 Å². The molecule has 30 heavy (non-hydrogen) atoms. The molecule has 8 nitrogen and oxygen atoms in total. The number of aromatic nitrogens is 4. The Hall–Kier alpha value is -3.21. The van der Waals surface area contributed by atoms with Crippen LogP contribution in [-0.2, 0) is 0 Å². The van der Waals surface area contributed by atoms with Gasteiger partial charge in [0, 0.05) is 0 Å². The minimum atomic E-state index is -4.82. The lowest BCUT2D eigenvalue weighted by molar-refractivity contribution is -0.259. The molecule has 3 N–H and O–H groups in total. The quantitative estimate of drug-likeness (QED) is 0.535. The van der Waals surface area contributed by atoms with Crippen molar-refractivity contribution >= 4 is 22.8 Å². The fourth-order valence-electron chi connectivity index (χ4n) is 3.14. The lowest BCUT2D eigenvalue weighted by Crippen LogP contribution is -2.51. The molecule has 0 aliphatic heterocycles. The zero-order valence-corrected chi connectivity index (χ0v) is 16.2. The summed E-state index contributed by atoms with van der Waals surface area (Å²) in [5.74, 6) is -1.41. The molecule has 0 aliphatic carbocycles. The smallest absolute Gasteiger partial charge is 0.418 e. The van der Waals surface area contributed by atoms with E-state index < -0.39 is 30.7 Å². The van der Waals surface area contributed by atoms with E-state index in [9.17, 15) is 23.1 Å². The van der Waals surface area contributed by atoms with Gasteiger partial charge in [0.15, 0.2) is 11.2 Å². The summed E-state index contributed by atoms with van der Waals surface area (Å²) in [5, 5.41) is 26.4. The van der Waals surface area contributed by atoms with E-state index in [-0.39, 0.29) is 22.9 Å². The Balaban J connectivity index is 1.94. The molecule has 0 bridgehead atoms. The lowest BCUT2D eigenvalue weighted by Gasteiger charge is -2.32. The van der Waals surface area contributed by atoms with E-state index in [2.05, 4.69) is 20.4 Å². The number of carboxylic acid groups (broad SMARTS) is 1. The number of benzene rings is 1. The van der Waals surface area contributed by atoms with E-state index in [4.69, 9.17) is 5.11 Å². The Morgan fingerprint density at radius 1 is 1.27 bits per heavy atom. The van der Waals surface area contributed by atoms with Crippen LogP contribution in [0.4, 0.5) is 19.0 Å². The second kappa shape index (κ2) is 7.90. The van der Waals surface area contributed by atoms with Crippen molar-refractivity contribution in [3.63, 3.8) is 0 Å². The maximum Gasteiger partial charge on any atom is 0.418 e. The Bertz CT molecular complexity index is 1070. The van der Waals surface area contributed by atoms with Gasteiger partial charge in [-0.2, -0.15) is 18.3 Å². The summed E-state index contributed by atoms with van der Waals surface area (Å²) < 4.78 is 41.6. The van der Waals surface area contributed by atoms with Crippen LogP contribution in [0.2, 0.25) is 0 Å². The van der Waals surface area contributed by atoms with Gasteiger partial charge in [-0.3, -0.25) is 0 Å². The second-order valence-electron chi connectivity index (χ2n) is 7.35. The van der Waals surface area contributed by atoms with Gasteiger partial charge in [0.25, 0.3) is 0 Å². The summed E-state index contributed by atoms with van der Waals surface area (Å²) in [7, 11) is 0. The Labute approximate surface area is 169 Å². The topological polar surface area (TPSA) is 113 Å². The summed E-state index contributed by atoms with van der Waals surface area (Å²) in [6.45, 7) is 2.39. The van der Waals surface area contributed by atoms with Crippen molar-refractivity contribution in [2.45, 2.75) is 32.0 Å². The zero-order chi connectivity index (χ0) is 22.1. The minimum Gasteiger partial charge on any atom is -0.478 e. The fourth-order valence-corrected chi connectivity index (χ4v) is 3.14. The van der Waals surface area contributed by atoms with Crippen LogP contribution in [0.1, 0.15) is 30.6 Å². The first-order valence-corrected chi connectivity index (χ1v) is 9.07. The van der Waals surface area contributed by atoms with Crippen molar-refractivity contribution in [1.29, 1.82) is 0 Å². The van der Waals surface area contributed by atoms with Gasteiger partial charge < -0.3 is 15.5 Å². The van der Waals surface area contributed by atoms with Crippen LogP contribution in [0, 0.1) is 5.92 Å². The number of aromatic carboxylic acids is 1. The van der Waals surface area contributed by atoms with E-state index in [1.807, 2.05) is 0 Å². The largest absolute Gasteiger partial charge is 0.478 e. The molecule has 160 valence electrons. The fraction of sp³-hybridized carbons (Fsp3) is 0.368. The molecule has 3 aromatic rings. The molecule has 0 radical (unpaired) electrons. The number of aliphatic hydroxyl groups is 1. The molecule has 0 spiro atoms. The summed E-state index contributed by atoms with van der Waals surface area (Å²) in [6, 6.07) is 5.99. The third kappa shape index (κ3) is 4.20. The number of rotatable bonds is 7. The number of carboxylic acids is 1. The summed E-state index contributed by atoms with van der Waals surface area (Å²) >= 11 is 0. The van der Waals surface area contributed by atoms with Crippen LogP contribution < -0.4 is 5.32 Å². The van der Waals surface area contributed by atoms with Gasteiger partial charge in [-0.25, -0.2) is 19.4 Å². The molecule has 1 aromatic carbocycles. The molecular weight excluding hydrogens is 403 g/mol. The number of halogens is 3. The number of fused-ring (bicyclic) bond motifs is 1. The van der Waals surface area contributed by atoms with Crippen molar-refractivity contribution in [1.82, 2.24) is 19.7 Å². The highest BCUT2D eigenvalue weighted by Gasteiger charge is 2.53. The van der Waals surface area contributed by atoms with Gasteiger partial charge in [-0.15, -0.1) is 0 Å². The molecule has 0 saturated carbocycles. The second-order valence-corrected chi connectivity index (χ2v) is 7.35. The van der Waals surface area contributed by atoms with Crippen molar-refractivity contribution in [3.05, 3.63) is 42.4 Å². The summed E-state index contributed by atoms with van der Waals surface area (Å²) in [6.07, 6.45) is -2.78. The van der Waals surface area contributed by atoms with Crippen molar-refractivity contribution in [3.8, 4) is 5.69 Å². The molecule has 11 heteroatoms. The number of hydrogen-bond acceptors (Lipinski definition) is 6. The third-order valence-corrected chi connectivity index (χ3v) is 4.53. The van der Waals surface area contributed by atoms with Crippen LogP contribution in [0.25, 0.3) is 16.7 Å². The predicted octanol–water partition coefficient (Wildman–Crippen LogP) is 3.27. The van der Waals surface area contributed by atoms with Gasteiger partial charge >= 0.3 is 12.1 Å².